The molecule has 2 aromatic rings. The van der Waals surface area contributed by atoms with Crippen molar-refractivity contribution in [1.29, 1.82) is 0 Å². The number of rotatable bonds is 5. The molecule has 0 spiro atoms. The van der Waals surface area contributed by atoms with Gasteiger partial charge in [-0.3, -0.25) is 9.69 Å². The second-order valence-corrected chi connectivity index (χ2v) is 11.1. The molecule has 0 amide bonds. The Morgan fingerprint density at radius 1 is 1.24 bits per heavy atom. The van der Waals surface area contributed by atoms with Crippen LogP contribution in [0.4, 0.5) is 0 Å². The lowest BCUT2D eigenvalue weighted by atomic mass is 9.65. The molecule has 1 aromatic carbocycles. The van der Waals surface area contributed by atoms with Crippen molar-refractivity contribution in [2.24, 2.45) is 16.7 Å². The van der Waals surface area contributed by atoms with Gasteiger partial charge >= 0.3 is 0 Å². The first-order valence-corrected chi connectivity index (χ1v) is 11.1. The summed E-state index contributed by atoms with van der Waals surface area (Å²) >= 11 is 0. The minimum atomic E-state index is 0.150. The van der Waals surface area contributed by atoms with Crippen LogP contribution in [-0.2, 0) is 6.54 Å². The lowest BCUT2D eigenvalue weighted by molar-refractivity contribution is 0.126. The summed E-state index contributed by atoms with van der Waals surface area (Å²) in [6.45, 7) is 16.0. The van der Waals surface area contributed by atoms with Crippen LogP contribution < -0.4 is 10.2 Å². The quantitative estimate of drug-likeness (QED) is 0.749. The maximum Gasteiger partial charge on any atom is 0.194 e. The molecule has 1 N–H and O–H groups in total. The number of hydrogen-bond acceptors (Lipinski definition) is 3. The lowest BCUT2D eigenvalue weighted by Gasteiger charge is -2.40. The van der Waals surface area contributed by atoms with E-state index in [1.54, 1.807) is 0 Å². The van der Waals surface area contributed by atoms with Gasteiger partial charge in [-0.25, -0.2) is 0 Å². The van der Waals surface area contributed by atoms with Gasteiger partial charge in [-0.15, -0.1) is 0 Å². The van der Waals surface area contributed by atoms with E-state index in [0.717, 1.165) is 41.0 Å². The zero-order valence-corrected chi connectivity index (χ0v) is 18.9. The van der Waals surface area contributed by atoms with Gasteiger partial charge in [0.1, 0.15) is 5.75 Å². The standard InChI is InChI=1S/C25H36N2O2/c1-16(2)13-29-19-7-8-22-20(9-19)23(28)21(17(3)26-22)12-27-15-25(6)11-18(27)10-24(4,5)14-25/h7-9,16,18H,10-15H2,1-6H3,(H,26,28)/t18-,25+/m0/s1. The highest BCUT2D eigenvalue weighted by Crippen LogP contribution is 2.52. The highest BCUT2D eigenvalue weighted by atomic mass is 16.5. The highest BCUT2D eigenvalue weighted by Gasteiger charge is 2.49. The molecular weight excluding hydrogens is 360 g/mol. The minimum Gasteiger partial charge on any atom is -0.493 e. The summed E-state index contributed by atoms with van der Waals surface area (Å²) in [6, 6.07) is 6.41. The molecule has 1 saturated heterocycles. The van der Waals surface area contributed by atoms with Gasteiger partial charge in [0, 0.05) is 41.3 Å². The Morgan fingerprint density at radius 3 is 2.72 bits per heavy atom. The summed E-state index contributed by atoms with van der Waals surface area (Å²) in [4.78, 5) is 19.5. The maximum atomic E-state index is 13.4. The largest absolute Gasteiger partial charge is 0.493 e. The SMILES string of the molecule is Cc1[nH]c2ccc(OCC(C)C)cc2c(=O)c1CN1C[C@]2(C)C[C@@H]1CC(C)(C)C2. The van der Waals surface area contributed by atoms with Crippen LogP contribution in [0.25, 0.3) is 10.9 Å². The van der Waals surface area contributed by atoms with Gasteiger partial charge in [-0.1, -0.05) is 34.6 Å². The Bertz CT molecular complexity index is 975. The number of hydrogen-bond donors (Lipinski definition) is 1. The van der Waals surface area contributed by atoms with E-state index in [4.69, 9.17) is 4.74 Å². The van der Waals surface area contributed by atoms with Gasteiger partial charge in [0.25, 0.3) is 0 Å². The van der Waals surface area contributed by atoms with E-state index in [0.29, 0.717) is 29.4 Å². The van der Waals surface area contributed by atoms with Crippen LogP contribution in [0.15, 0.2) is 23.0 Å². The highest BCUT2D eigenvalue weighted by molar-refractivity contribution is 5.81. The van der Waals surface area contributed by atoms with E-state index in [1.165, 1.54) is 19.3 Å². The third kappa shape index (κ3) is 4.09. The van der Waals surface area contributed by atoms with Gasteiger partial charge in [0.05, 0.1) is 6.61 Å². The van der Waals surface area contributed by atoms with Crippen molar-refractivity contribution in [3.63, 3.8) is 0 Å². The van der Waals surface area contributed by atoms with Crippen molar-refractivity contribution in [2.75, 3.05) is 13.2 Å². The van der Waals surface area contributed by atoms with Crippen molar-refractivity contribution < 1.29 is 4.74 Å². The van der Waals surface area contributed by atoms with Gasteiger partial charge in [-0.2, -0.15) is 0 Å². The van der Waals surface area contributed by atoms with E-state index in [1.807, 2.05) is 25.1 Å². The molecule has 2 aliphatic rings. The monoisotopic (exact) mass is 396 g/mol. The number of ether oxygens (including phenoxy) is 1. The Morgan fingerprint density at radius 2 is 2.00 bits per heavy atom. The van der Waals surface area contributed by atoms with Crippen molar-refractivity contribution in [3.8, 4) is 5.75 Å². The van der Waals surface area contributed by atoms with Crippen LogP contribution in [0.1, 0.15) is 65.1 Å². The van der Waals surface area contributed by atoms with Crippen LogP contribution in [0.2, 0.25) is 0 Å². The average Bonchev–Trinajstić information content (AvgIpc) is 2.85. The van der Waals surface area contributed by atoms with Crippen LogP contribution in [0, 0.1) is 23.7 Å². The molecule has 4 nitrogen and oxygen atoms in total. The zero-order chi connectivity index (χ0) is 21.0. The molecule has 4 heteroatoms. The number of pyridine rings is 1. The topological polar surface area (TPSA) is 45.3 Å². The van der Waals surface area contributed by atoms with Crippen molar-refractivity contribution in [2.45, 2.75) is 73.4 Å². The van der Waals surface area contributed by atoms with Crippen molar-refractivity contribution in [3.05, 3.63) is 39.7 Å². The Labute approximate surface area is 174 Å². The fraction of sp³-hybridized carbons (Fsp3) is 0.640. The summed E-state index contributed by atoms with van der Waals surface area (Å²) in [5, 5.41) is 0.737. The van der Waals surface area contributed by atoms with E-state index in [9.17, 15) is 4.79 Å². The molecule has 1 aliphatic carbocycles. The van der Waals surface area contributed by atoms with Crippen molar-refractivity contribution >= 4 is 10.9 Å². The van der Waals surface area contributed by atoms with E-state index < -0.39 is 0 Å². The molecule has 29 heavy (non-hydrogen) atoms. The number of H-pyrrole nitrogens is 1. The smallest absolute Gasteiger partial charge is 0.194 e. The first-order valence-electron chi connectivity index (χ1n) is 11.1. The summed E-state index contributed by atoms with van der Waals surface area (Å²) in [5.74, 6) is 1.23. The van der Waals surface area contributed by atoms with Gasteiger partial charge in [0.15, 0.2) is 5.43 Å². The third-order valence-corrected chi connectivity index (χ3v) is 6.75. The molecule has 1 aliphatic heterocycles. The second kappa shape index (κ2) is 7.16. The van der Waals surface area contributed by atoms with Crippen LogP contribution in [0.5, 0.6) is 5.75 Å². The molecule has 2 atom stereocenters. The molecule has 158 valence electrons. The molecule has 4 rings (SSSR count). The summed E-state index contributed by atoms with van der Waals surface area (Å²) in [7, 11) is 0. The minimum absolute atomic E-state index is 0.150. The van der Waals surface area contributed by atoms with Gasteiger partial charge < -0.3 is 9.72 Å². The Kier molecular flexibility index (Phi) is 5.05. The molecule has 2 bridgehead atoms. The van der Waals surface area contributed by atoms with Gasteiger partial charge in [0.2, 0.25) is 0 Å². The molecule has 0 unspecified atom stereocenters. The summed E-state index contributed by atoms with van der Waals surface area (Å²) in [5.41, 5.74) is 3.71. The fourth-order valence-electron chi connectivity index (χ4n) is 5.94. The number of nitrogens with zero attached hydrogens (tertiary/aromatic N) is 1. The normalized spacial score (nSPS) is 26.4. The van der Waals surface area contributed by atoms with E-state index >= 15 is 0 Å². The lowest BCUT2D eigenvalue weighted by Crippen LogP contribution is -2.35. The molecule has 2 heterocycles. The molecule has 1 aromatic heterocycles. The molecular formula is C25H36N2O2. The first-order chi connectivity index (χ1) is 13.6. The number of nitrogens with one attached hydrogen (secondary N) is 1. The van der Waals surface area contributed by atoms with E-state index in [-0.39, 0.29) is 5.43 Å². The zero-order valence-electron chi connectivity index (χ0n) is 18.9. The van der Waals surface area contributed by atoms with Gasteiger partial charge in [-0.05, 0) is 61.1 Å². The average molecular weight is 397 g/mol. The Hall–Kier alpha value is -1.81. The van der Waals surface area contributed by atoms with E-state index in [2.05, 4.69) is 44.5 Å². The number of fused-ring (bicyclic) bond motifs is 3. The molecule has 1 saturated carbocycles. The van der Waals surface area contributed by atoms with Crippen molar-refractivity contribution in [1.82, 2.24) is 9.88 Å². The molecule has 0 radical (unpaired) electrons. The summed E-state index contributed by atoms with van der Waals surface area (Å²) in [6.07, 6.45) is 3.76. The summed E-state index contributed by atoms with van der Waals surface area (Å²) < 4.78 is 5.86. The predicted octanol–water partition coefficient (Wildman–Crippen LogP) is 5.27. The van der Waals surface area contributed by atoms with Crippen LogP contribution in [0.3, 0.4) is 0 Å². The fourth-order valence-corrected chi connectivity index (χ4v) is 5.94. The van der Waals surface area contributed by atoms with Crippen LogP contribution >= 0.6 is 0 Å². The number of aryl methyl sites for hydroxylation is 1. The number of benzene rings is 1. The number of likely N-dealkylation sites (tertiary alicyclic amines) is 1. The Balaban J connectivity index is 1.64. The second-order valence-electron chi connectivity index (χ2n) is 11.1. The number of aromatic amines is 1. The first kappa shape index (κ1) is 20.5. The van der Waals surface area contributed by atoms with Crippen LogP contribution in [-0.4, -0.2) is 29.1 Å². The maximum absolute atomic E-state index is 13.4. The molecule has 2 fully saturated rings. The number of aromatic nitrogens is 1. The third-order valence-electron chi connectivity index (χ3n) is 6.75. The predicted molar refractivity (Wildman–Crippen MR) is 120 cm³/mol.